The summed E-state index contributed by atoms with van der Waals surface area (Å²) >= 11 is 0. The summed E-state index contributed by atoms with van der Waals surface area (Å²) in [5.74, 6) is -1.16. The van der Waals surface area contributed by atoms with Gasteiger partial charge in [0, 0.05) is 32.7 Å². The summed E-state index contributed by atoms with van der Waals surface area (Å²) in [6.07, 6.45) is 0.673. The van der Waals surface area contributed by atoms with Crippen LogP contribution in [0.5, 0.6) is 0 Å². The number of carboxylic acids is 1. The fourth-order valence-corrected chi connectivity index (χ4v) is 1.000. The molecular weight excluding hydrogens is 274 g/mol. The van der Waals surface area contributed by atoms with Crippen LogP contribution < -0.4 is 5.32 Å². The minimum absolute atomic E-state index is 0. The molecule has 0 saturated carbocycles. The van der Waals surface area contributed by atoms with Crippen molar-refractivity contribution in [1.82, 2.24) is 5.32 Å². The first-order valence-corrected chi connectivity index (χ1v) is 4.97. The molecule has 0 saturated heterocycles. The van der Waals surface area contributed by atoms with Crippen LogP contribution in [0.4, 0.5) is 0 Å². The molecule has 0 rings (SSSR count). The van der Waals surface area contributed by atoms with Crippen LogP contribution >= 0.6 is 7.60 Å². The van der Waals surface area contributed by atoms with Gasteiger partial charge < -0.3 is 26.6 Å². The summed E-state index contributed by atoms with van der Waals surface area (Å²) in [4.78, 5) is 27.1. The number of carboxylic acid groups (broad SMARTS) is 1. The van der Waals surface area contributed by atoms with Crippen molar-refractivity contribution in [2.24, 2.45) is 0 Å². The molecule has 1 unspecified atom stereocenters. The maximum atomic E-state index is 10.3. The standard InChI is InChI=1S/C5H11NO5P.Y/c1-2-4(5(7)8)6-3-12(9,10)11;/h2,4,6H,3H2,1H3,(H,7,8)(H2,9,10,11);/q-1;. The average Bonchev–Trinajstić information content (AvgIpc) is 1.85. The van der Waals surface area contributed by atoms with Crippen LogP contribution in [0.3, 0.4) is 0 Å². The van der Waals surface area contributed by atoms with E-state index in [1.165, 1.54) is 13.3 Å². The molecule has 8 heteroatoms. The molecule has 75 valence electrons. The zero-order chi connectivity index (χ0) is 9.78. The van der Waals surface area contributed by atoms with Gasteiger partial charge in [-0.05, 0) is 6.04 Å². The summed E-state index contributed by atoms with van der Waals surface area (Å²) in [6.45, 7) is 1.49. The van der Waals surface area contributed by atoms with Gasteiger partial charge in [0.05, 0.1) is 6.29 Å². The number of aliphatic carboxylic acids is 1. The topological polar surface area (TPSA) is 107 Å². The van der Waals surface area contributed by atoms with Gasteiger partial charge in [-0.25, -0.2) is 0 Å². The van der Waals surface area contributed by atoms with E-state index in [1.807, 2.05) is 0 Å². The summed E-state index contributed by atoms with van der Waals surface area (Å²) in [5.41, 5.74) is 0. The van der Waals surface area contributed by atoms with Gasteiger partial charge in [-0.3, -0.25) is 9.36 Å². The maximum absolute atomic E-state index is 10.3. The van der Waals surface area contributed by atoms with Crippen molar-refractivity contribution in [2.45, 2.75) is 13.0 Å². The summed E-state index contributed by atoms with van der Waals surface area (Å²) < 4.78 is 10.3. The van der Waals surface area contributed by atoms with Gasteiger partial charge in [0.15, 0.2) is 0 Å². The molecule has 4 N–H and O–H groups in total. The number of rotatable bonds is 5. The molecule has 0 aromatic carbocycles. The Morgan fingerprint density at radius 2 is 2.08 bits per heavy atom. The van der Waals surface area contributed by atoms with Gasteiger partial charge in [-0.2, -0.15) is 6.92 Å². The second-order valence-electron chi connectivity index (χ2n) is 2.18. The normalized spacial score (nSPS) is 13.2. The molecule has 0 fully saturated rings. The molecule has 0 aromatic rings. The van der Waals surface area contributed by atoms with E-state index in [4.69, 9.17) is 14.9 Å². The van der Waals surface area contributed by atoms with Crippen LogP contribution in [0.15, 0.2) is 0 Å². The Balaban J connectivity index is 0. The molecule has 0 bridgehead atoms. The van der Waals surface area contributed by atoms with Gasteiger partial charge in [-0.1, -0.05) is 0 Å². The first-order valence-electron chi connectivity index (χ1n) is 3.17. The Morgan fingerprint density at radius 3 is 2.31 bits per heavy atom. The van der Waals surface area contributed by atoms with E-state index in [9.17, 15) is 9.36 Å². The Kier molecular flexibility index (Phi) is 8.73. The molecule has 0 spiro atoms. The quantitative estimate of drug-likeness (QED) is 0.396. The molecule has 1 atom stereocenters. The van der Waals surface area contributed by atoms with Gasteiger partial charge >= 0.3 is 7.60 Å². The predicted octanol–water partition coefficient (Wildman–Crippen LogP) is -0.614. The molecule has 0 aliphatic carbocycles. The van der Waals surface area contributed by atoms with E-state index >= 15 is 0 Å². The van der Waals surface area contributed by atoms with Crippen molar-refractivity contribution >= 4 is 13.6 Å². The van der Waals surface area contributed by atoms with E-state index in [0.29, 0.717) is 0 Å². The largest absolute Gasteiger partial charge is 0.482 e. The molecule has 0 aliphatic rings. The van der Waals surface area contributed by atoms with Crippen LogP contribution in [0.25, 0.3) is 0 Å². The van der Waals surface area contributed by atoms with Crippen LogP contribution in [-0.4, -0.2) is 33.2 Å². The minimum atomic E-state index is -4.17. The summed E-state index contributed by atoms with van der Waals surface area (Å²) in [6, 6.07) is -1.02. The fourth-order valence-electron chi connectivity index (χ4n) is 0.565. The Hall–Kier alpha value is 0.684. The number of carbonyl (C=O) groups is 1. The zero-order valence-electron chi connectivity index (χ0n) is 7.04. The van der Waals surface area contributed by atoms with E-state index in [0.717, 1.165) is 0 Å². The van der Waals surface area contributed by atoms with Crippen molar-refractivity contribution in [3.05, 3.63) is 6.42 Å². The molecule has 1 radical (unpaired) electrons. The van der Waals surface area contributed by atoms with E-state index < -0.39 is 25.9 Å². The van der Waals surface area contributed by atoms with Gasteiger partial charge in [-0.15, -0.1) is 0 Å². The van der Waals surface area contributed by atoms with Gasteiger partial charge in [0.25, 0.3) is 5.97 Å². The van der Waals surface area contributed by atoms with E-state index in [2.05, 4.69) is 5.32 Å². The SMILES string of the molecule is C[CH-]C(NCP(=O)(O)O)C(=O)O.[Y]. The molecular formula is C5H11NO5PY-. The summed E-state index contributed by atoms with van der Waals surface area (Å²) in [7, 11) is -4.17. The number of hydrogen-bond donors (Lipinski definition) is 4. The van der Waals surface area contributed by atoms with Crippen molar-refractivity contribution in [3.8, 4) is 0 Å². The van der Waals surface area contributed by atoms with Crippen LogP contribution in [0.2, 0.25) is 0 Å². The second kappa shape index (κ2) is 7.04. The molecule has 0 amide bonds. The molecule has 0 aliphatic heterocycles. The van der Waals surface area contributed by atoms with Crippen LogP contribution in [-0.2, 0) is 42.1 Å². The Bertz CT molecular complexity index is 205. The summed E-state index contributed by atoms with van der Waals surface area (Å²) in [5, 5.41) is 10.6. The fraction of sp³-hybridized carbons (Fsp3) is 0.600. The maximum Gasteiger partial charge on any atom is 0.339 e. The van der Waals surface area contributed by atoms with Crippen LogP contribution in [0, 0.1) is 6.42 Å². The minimum Gasteiger partial charge on any atom is -0.482 e. The van der Waals surface area contributed by atoms with Crippen LogP contribution in [0.1, 0.15) is 6.92 Å². The third kappa shape index (κ3) is 9.00. The van der Waals surface area contributed by atoms with Crippen molar-refractivity contribution in [2.75, 3.05) is 6.29 Å². The Morgan fingerprint density at radius 1 is 1.62 bits per heavy atom. The van der Waals surface area contributed by atoms with Crippen molar-refractivity contribution in [3.63, 3.8) is 0 Å². The predicted molar refractivity (Wildman–Crippen MR) is 41.4 cm³/mol. The van der Waals surface area contributed by atoms with Crippen molar-refractivity contribution in [1.29, 1.82) is 0 Å². The smallest absolute Gasteiger partial charge is 0.339 e. The molecule has 0 aromatic heterocycles. The second-order valence-corrected chi connectivity index (χ2v) is 3.82. The molecule has 13 heavy (non-hydrogen) atoms. The first kappa shape index (κ1) is 16.1. The molecule has 6 nitrogen and oxygen atoms in total. The third-order valence-electron chi connectivity index (χ3n) is 1.12. The van der Waals surface area contributed by atoms with E-state index in [-0.39, 0.29) is 32.7 Å². The van der Waals surface area contributed by atoms with Gasteiger partial charge in [0.2, 0.25) is 0 Å². The van der Waals surface area contributed by atoms with Crippen molar-refractivity contribution < 1.29 is 57.0 Å². The number of hydrogen-bond acceptors (Lipinski definition) is 3. The first-order chi connectivity index (χ1) is 5.37. The Labute approximate surface area is 101 Å². The monoisotopic (exact) mass is 285 g/mol. The third-order valence-corrected chi connectivity index (χ3v) is 1.71. The average molecular weight is 285 g/mol. The number of nitrogens with one attached hydrogen (secondary N) is 1. The van der Waals surface area contributed by atoms with Gasteiger partial charge in [0.1, 0.15) is 0 Å². The zero-order valence-corrected chi connectivity index (χ0v) is 10.8. The molecule has 0 heterocycles. The van der Waals surface area contributed by atoms with E-state index in [1.54, 1.807) is 0 Å².